The van der Waals surface area contributed by atoms with E-state index < -0.39 is 6.04 Å². The van der Waals surface area contributed by atoms with Gasteiger partial charge in [0.2, 0.25) is 0 Å². The first-order valence-electron chi connectivity index (χ1n) is 5.74. The molecule has 2 rings (SSSR count). The largest absolute Gasteiger partial charge is 0.380 e. The van der Waals surface area contributed by atoms with E-state index >= 15 is 0 Å². The van der Waals surface area contributed by atoms with Crippen LogP contribution < -0.4 is 5.73 Å². The molecule has 5 nitrogen and oxygen atoms in total. The fourth-order valence-corrected chi connectivity index (χ4v) is 2.04. The fraction of sp³-hybridized carbons (Fsp3) is 0.333. The molecule has 0 saturated carbocycles. The molecule has 0 aliphatic carbocycles. The molecule has 1 aromatic heterocycles. The summed E-state index contributed by atoms with van der Waals surface area (Å²) in [7, 11) is 0. The Labute approximate surface area is 124 Å². The van der Waals surface area contributed by atoms with Gasteiger partial charge in [-0.1, -0.05) is 32.7 Å². The number of hydrogen-bond acceptors (Lipinski definition) is 5. The van der Waals surface area contributed by atoms with Crippen molar-refractivity contribution in [2.75, 3.05) is 13.2 Å². The zero-order valence-corrected chi connectivity index (χ0v) is 12.6. The van der Waals surface area contributed by atoms with Crippen molar-refractivity contribution < 1.29 is 9.26 Å². The van der Waals surface area contributed by atoms with Gasteiger partial charge in [-0.15, -0.1) is 0 Å². The van der Waals surface area contributed by atoms with Gasteiger partial charge in [-0.3, -0.25) is 0 Å². The highest BCUT2D eigenvalue weighted by Crippen LogP contribution is 2.29. The maximum Gasteiger partial charge on any atom is 0.259 e. The summed E-state index contributed by atoms with van der Waals surface area (Å²) in [4.78, 5) is 4.25. The van der Waals surface area contributed by atoms with E-state index in [1.54, 1.807) is 6.07 Å². The lowest BCUT2D eigenvalue weighted by Gasteiger charge is -2.05. The number of nitrogens with two attached hydrogens (primary N) is 1. The highest BCUT2D eigenvalue weighted by atomic mass is 79.9. The average Bonchev–Trinajstić information content (AvgIpc) is 2.88. The second-order valence-electron chi connectivity index (χ2n) is 3.85. The van der Waals surface area contributed by atoms with E-state index in [2.05, 4.69) is 26.1 Å². The predicted octanol–water partition coefficient (Wildman–Crippen LogP) is 3.19. The molecule has 2 N–H and O–H groups in total. The Hall–Kier alpha value is -0.950. The van der Waals surface area contributed by atoms with Crippen LogP contribution in [0.25, 0.3) is 11.5 Å². The third kappa shape index (κ3) is 3.54. The molecule has 102 valence electrons. The van der Waals surface area contributed by atoms with Crippen molar-refractivity contribution in [3.8, 4) is 11.5 Å². The zero-order chi connectivity index (χ0) is 13.8. The first kappa shape index (κ1) is 14.5. The van der Waals surface area contributed by atoms with Crippen molar-refractivity contribution in [1.82, 2.24) is 10.1 Å². The normalized spacial score (nSPS) is 12.6. The number of halogens is 2. The van der Waals surface area contributed by atoms with E-state index in [4.69, 9.17) is 26.6 Å². The summed E-state index contributed by atoms with van der Waals surface area (Å²) < 4.78 is 11.3. The molecule has 2 aromatic rings. The van der Waals surface area contributed by atoms with E-state index in [-0.39, 0.29) is 0 Å². The smallest absolute Gasteiger partial charge is 0.259 e. The number of benzene rings is 1. The predicted molar refractivity (Wildman–Crippen MR) is 75.9 cm³/mol. The Morgan fingerprint density at radius 2 is 2.32 bits per heavy atom. The van der Waals surface area contributed by atoms with Gasteiger partial charge >= 0.3 is 0 Å². The number of rotatable bonds is 5. The molecule has 1 heterocycles. The Morgan fingerprint density at radius 3 is 3.05 bits per heavy atom. The van der Waals surface area contributed by atoms with E-state index in [1.807, 2.05) is 19.1 Å². The SMILES string of the molecule is CCOCC(N)c1noc(-c2cc(Br)ccc2Cl)n1. The van der Waals surface area contributed by atoms with Gasteiger partial charge in [0.15, 0.2) is 5.82 Å². The molecule has 0 aliphatic heterocycles. The quantitative estimate of drug-likeness (QED) is 0.900. The maximum atomic E-state index is 6.10. The Morgan fingerprint density at radius 1 is 1.53 bits per heavy atom. The number of aromatic nitrogens is 2. The molecule has 0 spiro atoms. The highest BCUT2D eigenvalue weighted by Gasteiger charge is 2.17. The van der Waals surface area contributed by atoms with E-state index in [0.29, 0.717) is 35.5 Å². The van der Waals surface area contributed by atoms with Crippen molar-refractivity contribution in [2.45, 2.75) is 13.0 Å². The van der Waals surface area contributed by atoms with Crippen molar-refractivity contribution in [1.29, 1.82) is 0 Å². The Balaban J connectivity index is 2.23. The fourth-order valence-electron chi connectivity index (χ4n) is 1.48. The standard InChI is InChI=1S/C12H13BrClN3O2/c1-2-18-6-10(15)11-16-12(19-17-11)8-5-7(13)3-4-9(8)14/h3-5,10H,2,6,15H2,1H3. The first-order chi connectivity index (χ1) is 9.11. The summed E-state index contributed by atoms with van der Waals surface area (Å²) in [6.07, 6.45) is 0. The number of ether oxygens (including phenoxy) is 1. The third-order valence-corrected chi connectivity index (χ3v) is 3.26. The van der Waals surface area contributed by atoms with Crippen molar-refractivity contribution >= 4 is 27.5 Å². The second kappa shape index (κ2) is 6.47. The highest BCUT2D eigenvalue weighted by molar-refractivity contribution is 9.10. The molecule has 1 aromatic carbocycles. The van der Waals surface area contributed by atoms with E-state index in [9.17, 15) is 0 Å². The second-order valence-corrected chi connectivity index (χ2v) is 5.17. The Bertz CT molecular complexity index is 562. The van der Waals surface area contributed by atoms with Crippen LogP contribution in [0.3, 0.4) is 0 Å². The minimum Gasteiger partial charge on any atom is -0.380 e. The van der Waals surface area contributed by atoms with Gasteiger partial charge in [-0.25, -0.2) is 0 Å². The molecule has 0 fully saturated rings. The first-order valence-corrected chi connectivity index (χ1v) is 6.91. The van der Waals surface area contributed by atoms with Crippen LogP contribution >= 0.6 is 27.5 Å². The van der Waals surface area contributed by atoms with Crippen LogP contribution in [0.5, 0.6) is 0 Å². The van der Waals surface area contributed by atoms with Crippen LogP contribution in [0.1, 0.15) is 18.8 Å². The van der Waals surface area contributed by atoms with Gasteiger partial charge in [0.25, 0.3) is 5.89 Å². The molecule has 0 saturated heterocycles. The Kier molecular flexibility index (Phi) is 4.93. The van der Waals surface area contributed by atoms with E-state index in [1.165, 1.54) is 0 Å². The molecule has 7 heteroatoms. The van der Waals surface area contributed by atoms with Crippen LogP contribution in [0, 0.1) is 0 Å². The van der Waals surface area contributed by atoms with Gasteiger partial charge in [0.1, 0.15) is 0 Å². The summed E-state index contributed by atoms with van der Waals surface area (Å²) >= 11 is 9.47. The molecule has 1 unspecified atom stereocenters. The zero-order valence-electron chi connectivity index (χ0n) is 10.3. The number of nitrogens with zero attached hydrogens (tertiary/aromatic N) is 2. The summed E-state index contributed by atoms with van der Waals surface area (Å²) in [5.74, 6) is 0.743. The van der Waals surface area contributed by atoms with Gasteiger partial charge in [0.05, 0.1) is 23.2 Å². The molecular formula is C12H13BrClN3O2. The monoisotopic (exact) mass is 345 g/mol. The average molecular weight is 347 g/mol. The minimum atomic E-state index is -0.414. The number of hydrogen-bond donors (Lipinski definition) is 1. The van der Waals surface area contributed by atoms with Crippen molar-refractivity contribution in [3.63, 3.8) is 0 Å². The molecule has 0 aliphatic rings. The van der Waals surface area contributed by atoms with Crippen LogP contribution in [0.15, 0.2) is 27.2 Å². The lowest BCUT2D eigenvalue weighted by molar-refractivity contribution is 0.130. The topological polar surface area (TPSA) is 74.2 Å². The molecule has 1 atom stereocenters. The summed E-state index contributed by atoms with van der Waals surface area (Å²) in [6.45, 7) is 2.84. The third-order valence-electron chi connectivity index (χ3n) is 2.43. The van der Waals surface area contributed by atoms with Gasteiger partial charge in [-0.05, 0) is 25.1 Å². The lowest BCUT2D eigenvalue weighted by Crippen LogP contribution is -2.18. The van der Waals surface area contributed by atoms with Crippen LogP contribution in [0.2, 0.25) is 5.02 Å². The summed E-state index contributed by atoms with van der Waals surface area (Å²) in [5, 5.41) is 4.39. The molecule has 0 amide bonds. The van der Waals surface area contributed by atoms with Crippen LogP contribution in [-0.4, -0.2) is 23.4 Å². The van der Waals surface area contributed by atoms with Gasteiger partial charge in [0, 0.05) is 11.1 Å². The molecule has 0 radical (unpaired) electrons. The van der Waals surface area contributed by atoms with Crippen molar-refractivity contribution in [2.24, 2.45) is 5.73 Å². The lowest BCUT2D eigenvalue weighted by atomic mass is 10.2. The van der Waals surface area contributed by atoms with Crippen molar-refractivity contribution in [3.05, 3.63) is 33.5 Å². The summed E-state index contributed by atoms with van der Waals surface area (Å²) in [6, 6.07) is 4.99. The summed E-state index contributed by atoms with van der Waals surface area (Å²) in [5.41, 5.74) is 6.55. The van der Waals surface area contributed by atoms with Crippen LogP contribution in [0.4, 0.5) is 0 Å². The van der Waals surface area contributed by atoms with Gasteiger partial charge in [-0.2, -0.15) is 4.98 Å². The maximum absolute atomic E-state index is 6.10. The van der Waals surface area contributed by atoms with Gasteiger partial charge < -0.3 is 15.0 Å². The van der Waals surface area contributed by atoms with E-state index in [0.717, 1.165) is 4.47 Å². The molecule has 0 bridgehead atoms. The minimum absolute atomic E-state index is 0.341. The van der Waals surface area contributed by atoms with Crippen LogP contribution in [-0.2, 0) is 4.74 Å². The molecule has 19 heavy (non-hydrogen) atoms. The molecular weight excluding hydrogens is 334 g/mol.